The predicted molar refractivity (Wildman–Crippen MR) is 108 cm³/mol. The van der Waals surface area contributed by atoms with Crippen molar-refractivity contribution in [3.63, 3.8) is 0 Å². The number of amides is 3. The van der Waals surface area contributed by atoms with Crippen LogP contribution in [0.1, 0.15) is 31.1 Å². The Hall–Kier alpha value is -4.14. The lowest BCUT2D eigenvalue weighted by atomic mass is 10.1. The van der Waals surface area contributed by atoms with Gasteiger partial charge in [-0.1, -0.05) is 6.08 Å². The molecule has 2 aromatic rings. The highest BCUT2D eigenvalue weighted by Crippen LogP contribution is 2.32. The second-order valence-corrected chi connectivity index (χ2v) is 6.75. The molecule has 2 aliphatic rings. The highest BCUT2D eigenvalue weighted by molar-refractivity contribution is 6.22. The molecule has 9 nitrogen and oxygen atoms in total. The quantitative estimate of drug-likeness (QED) is 0.431. The van der Waals surface area contributed by atoms with Crippen molar-refractivity contribution < 1.29 is 33.4 Å². The first kappa shape index (κ1) is 20.1. The molecule has 2 aromatic carbocycles. The van der Waals surface area contributed by atoms with Gasteiger partial charge in [-0.3, -0.25) is 19.3 Å². The molecule has 0 atom stereocenters. The van der Waals surface area contributed by atoms with Gasteiger partial charge in [-0.25, -0.2) is 4.79 Å². The molecule has 0 fully saturated rings. The summed E-state index contributed by atoms with van der Waals surface area (Å²) in [6, 6.07) is 9.00. The molecule has 0 aliphatic carbocycles. The highest BCUT2D eigenvalue weighted by Gasteiger charge is 2.35. The summed E-state index contributed by atoms with van der Waals surface area (Å²) in [6.45, 7) is 3.95. The molecule has 0 bridgehead atoms. The van der Waals surface area contributed by atoms with E-state index in [1.165, 1.54) is 24.3 Å². The van der Waals surface area contributed by atoms with Crippen molar-refractivity contribution >= 4 is 29.4 Å². The summed E-state index contributed by atoms with van der Waals surface area (Å²) >= 11 is 0. The fourth-order valence-electron chi connectivity index (χ4n) is 3.25. The highest BCUT2D eigenvalue weighted by atomic mass is 16.6. The predicted octanol–water partition coefficient (Wildman–Crippen LogP) is 2.04. The van der Waals surface area contributed by atoms with Crippen molar-refractivity contribution in [1.29, 1.82) is 0 Å². The number of fused-ring (bicyclic) bond motifs is 2. The third kappa shape index (κ3) is 3.97. The number of imide groups is 1. The Bertz CT molecular complexity index is 1110. The summed E-state index contributed by atoms with van der Waals surface area (Å²) in [6.07, 6.45) is 1.44. The van der Waals surface area contributed by atoms with E-state index in [0.717, 1.165) is 4.90 Å². The van der Waals surface area contributed by atoms with Crippen molar-refractivity contribution in [2.75, 3.05) is 31.7 Å². The topological polar surface area (TPSA) is 111 Å². The smallest absolute Gasteiger partial charge is 0.338 e. The van der Waals surface area contributed by atoms with Gasteiger partial charge in [0.05, 0.1) is 16.7 Å². The summed E-state index contributed by atoms with van der Waals surface area (Å²) in [5.41, 5.74) is 0.850. The summed E-state index contributed by atoms with van der Waals surface area (Å²) in [5, 5.41) is 2.61. The normalized spacial score (nSPS) is 14.1. The van der Waals surface area contributed by atoms with E-state index in [1.54, 1.807) is 18.2 Å². The van der Waals surface area contributed by atoms with Gasteiger partial charge in [-0.2, -0.15) is 0 Å². The second kappa shape index (κ2) is 8.31. The minimum Gasteiger partial charge on any atom is -0.486 e. The average Bonchev–Trinajstić information content (AvgIpc) is 3.02. The van der Waals surface area contributed by atoms with Gasteiger partial charge in [-0.15, -0.1) is 6.58 Å². The molecule has 0 saturated carbocycles. The molecule has 0 unspecified atom stereocenters. The zero-order valence-electron chi connectivity index (χ0n) is 16.4. The van der Waals surface area contributed by atoms with E-state index in [4.69, 9.17) is 14.2 Å². The van der Waals surface area contributed by atoms with E-state index in [1.807, 2.05) is 0 Å². The van der Waals surface area contributed by atoms with Crippen LogP contribution < -0.4 is 14.8 Å². The maximum Gasteiger partial charge on any atom is 0.338 e. The number of carbonyl (C=O) groups is 4. The number of benzene rings is 2. The summed E-state index contributed by atoms with van der Waals surface area (Å²) < 4.78 is 15.9. The molecular formula is C22H18N2O7. The summed E-state index contributed by atoms with van der Waals surface area (Å²) in [5.74, 6) is -1.18. The first-order chi connectivity index (χ1) is 15.0. The zero-order chi connectivity index (χ0) is 22.0. The van der Waals surface area contributed by atoms with Crippen LogP contribution in [0.3, 0.4) is 0 Å². The number of anilines is 1. The van der Waals surface area contributed by atoms with Gasteiger partial charge in [0.1, 0.15) is 13.2 Å². The Labute approximate surface area is 177 Å². The van der Waals surface area contributed by atoms with Crippen LogP contribution in [-0.4, -0.2) is 55.0 Å². The van der Waals surface area contributed by atoms with Gasteiger partial charge in [0, 0.05) is 18.3 Å². The van der Waals surface area contributed by atoms with E-state index in [-0.39, 0.29) is 23.2 Å². The summed E-state index contributed by atoms with van der Waals surface area (Å²) in [7, 11) is 0. The lowest BCUT2D eigenvalue weighted by Crippen LogP contribution is -2.29. The molecule has 1 N–H and O–H groups in total. The van der Waals surface area contributed by atoms with Crippen LogP contribution in [-0.2, 0) is 9.53 Å². The van der Waals surface area contributed by atoms with Crippen LogP contribution >= 0.6 is 0 Å². The van der Waals surface area contributed by atoms with Crippen LogP contribution in [0.5, 0.6) is 11.5 Å². The molecule has 0 aromatic heterocycles. The lowest BCUT2D eigenvalue weighted by Gasteiger charge is -2.19. The molecule has 0 spiro atoms. The van der Waals surface area contributed by atoms with E-state index in [0.29, 0.717) is 30.4 Å². The molecule has 9 heteroatoms. The van der Waals surface area contributed by atoms with Crippen LogP contribution in [0.4, 0.5) is 5.69 Å². The number of carbonyl (C=O) groups excluding carboxylic acids is 4. The number of nitrogens with zero attached hydrogens (tertiary/aromatic N) is 1. The van der Waals surface area contributed by atoms with Gasteiger partial charge < -0.3 is 19.5 Å². The number of hydrogen-bond donors (Lipinski definition) is 1. The molecule has 0 saturated heterocycles. The Morgan fingerprint density at radius 2 is 1.77 bits per heavy atom. The number of ether oxygens (including phenoxy) is 3. The van der Waals surface area contributed by atoms with E-state index < -0.39 is 30.3 Å². The molecule has 0 radical (unpaired) electrons. The zero-order valence-corrected chi connectivity index (χ0v) is 16.4. The maximum absolute atomic E-state index is 12.4. The van der Waals surface area contributed by atoms with Crippen molar-refractivity contribution in [2.24, 2.45) is 0 Å². The minimum atomic E-state index is -0.789. The van der Waals surface area contributed by atoms with E-state index >= 15 is 0 Å². The molecule has 2 aliphatic heterocycles. The molecule has 158 valence electrons. The lowest BCUT2D eigenvalue weighted by molar-refractivity contribution is -0.119. The van der Waals surface area contributed by atoms with Crippen LogP contribution in [0, 0.1) is 0 Å². The van der Waals surface area contributed by atoms with Gasteiger partial charge in [0.2, 0.25) is 0 Å². The standard InChI is InChI=1S/C22H18N2O7/c1-2-7-24-20(26)15-5-3-13(10-16(15)21(24)27)22(28)31-12-19(25)23-14-4-6-17-18(11-14)30-9-8-29-17/h2-6,10-11H,1,7-9,12H2,(H,23,25). The van der Waals surface area contributed by atoms with Crippen molar-refractivity contribution in [3.05, 3.63) is 65.7 Å². The average molecular weight is 422 g/mol. The van der Waals surface area contributed by atoms with Gasteiger partial charge >= 0.3 is 5.97 Å². The van der Waals surface area contributed by atoms with Crippen LogP contribution in [0.2, 0.25) is 0 Å². The number of nitrogens with one attached hydrogen (secondary N) is 1. The first-order valence-corrected chi connectivity index (χ1v) is 9.45. The van der Waals surface area contributed by atoms with Crippen molar-refractivity contribution in [3.8, 4) is 11.5 Å². The fourth-order valence-corrected chi connectivity index (χ4v) is 3.25. The third-order valence-corrected chi connectivity index (χ3v) is 4.68. The van der Waals surface area contributed by atoms with E-state index in [2.05, 4.69) is 11.9 Å². The first-order valence-electron chi connectivity index (χ1n) is 9.45. The second-order valence-electron chi connectivity index (χ2n) is 6.75. The van der Waals surface area contributed by atoms with Crippen molar-refractivity contribution in [2.45, 2.75) is 0 Å². The number of rotatable bonds is 6. The van der Waals surface area contributed by atoms with E-state index in [9.17, 15) is 19.2 Å². The van der Waals surface area contributed by atoms with Gasteiger partial charge in [-0.05, 0) is 30.3 Å². The minimum absolute atomic E-state index is 0.0625. The third-order valence-electron chi connectivity index (χ3n) is 4.68. The largest absolute Gasteiger partial charge is 0.486 e. The summed E-state index contributed by atoms with van der Waals surface area (Å²) in [4.78, 5) is 50.1. The molecule has 4 rings (SSSR count). The van der Waals surface area contributed by atoms with Crippen LogP contribution in [0.15, 0.2) is 49.1 Å². The molecular weight excluding hydrogens is 404 g/mol. The van der Waals surface area contributed by atoms with Gasteiger partial charge in [0.25, 0.3) is 17.7 Å². The Morgan fingerprint density at radius 1 is 1.03 bits per heavy atom. The molecule has 2 heterocycles. The fraction of sp³-hybridized carbons (Fsp3) is 0.182. The van der Waals surface area contributed by atoms with Gasteiger partial charge in [0.15, 0.2) is 18.1 Å². The van der Waals surface area contributed by atoms with Crippen molar-refractivity contribution in [1.82, 2.24) is 4.90 Å². The number of esters is 1. The SMILES string of the molecule is C=CCN1C(=O)c2ccc(C(=O)OCC(=O)Nc3ccc4c(c3)OCCO4)cc2C1=O. The number of hydrogen-bond acceptors (Lipinski definition) is 7. The Kier molecular flexibility index (Phi) is 5.40. The van der Waals surface area contributed by atoms with Crippen LogP contribution in [0.25, 0.3) is 0 Å². The molecule has 31 heavy (non-hydrogen) atoms. The Balaban J connectivity index is 1.37. The molecule has 3 amide bonds. The maximum atomic E-state index is 12.4. The monoisotopic (exact) mass is 422 g/mol. The Morgan fingerprint density at radius 3 is 2.55 bits per heavy atom.